The maximum Gasteiger partial charge on any atom is 0.231 e. The van der Waals surface area contributed by atoms with Crippen molar-refractivity contribution in [3.8, 4) is 11.5 Å². The van der Waals surface area contributed by atoms with Crippen LogP contribution in [0, 0.1) is 0 Å². The minimum atomic E-state index is 0.0678. The standard InChI is InChI=1S/C11H11ClO3S/c12-4-8-5-16-11(15-8)7-1-2-9-10(3-7)14-6-13-9/h1-3,8,11H,4-6H2/t8-,11+/m0/s1. The van der Waals surface area contributed by atoms with Gasteiger partial charge >= 0.3 is 0 Å². The first-order valence-corrected chi connectivity index (χ1v) is 6.68. The molecule has 0 saturated carbocycles. The highest BCUT2D eigenvalue weighted by molar-refractivity contribution is 7.99. The van der Waals surface area contributed by atoms with Crippen LogP contribution < -0.4 is 9.47 Å². The van der Waals surface area contributed by atoms with E-state index in [0.29, 0.717) is 12.7 Å². The highest BCUT2D eigenvalue weighted by Crippen LogP contribution is 2.42. The molecule has 86 valence electrons. The molecule has 1 saturated heterocycles. The Morgan fingerprint density at radius 2 is 2.19 bits per heavy atom. The van der Waals surface area contributed by atoms with Gasteiger partial charge in [-0.25, -0.2) is 0 Å². The molecule has 0 radical (unpaired) electrons. The SMILES string of the molecule is ClC[C@H]1CS[C@H](c2ccc3c(c2)OCO3)O1. The lowest BCUT2D eigenvalue weighted by atomic mass is 10.2. The van der Waals surface area contributed by atoms with Crippen LogP contribution in [-0.2, 0) is 4.74 Å². The van der Waals surface area contributed by atoms with E-state index in [1.165, 1.54) is 0 Å². The highest BCUT2D eigenvalue weighted by atomic mass is 35.5. The first-order valence-electron chi connectivity index (χ1n) is 5.09. The lowest BCUT2D eigenvalue weighted by Crippen LogP contribution is -2.10. The van der Waals surface area contributed by atoms with Crippen molar-refractivity contribution in [2.75, 3.05) is 18.4 Å². The van der Waals surface area contributed by atoms with Gasteiger partial charge in [0.15, 0.2) is 11.5 Å². The van der Waals surface area contributed by atoms with Gasteiger partial charge in [-0.2, -0.15) is 0 Å². The zero-order chi connectivity index (χ0) is 11.0. The summed E-state index contributed by atoms with van der Waals surface area (Å²) in [6, 6.07) is 5.92. The molecule has 1 fully saturated rings. The quantitative estimate of drug-likeness (QED) is 0.763. The number of fused-ring (bicyclic) bond motifs is 1. The third kappa shape index (κ3) is 1.85. The lowest BCUT2D eigenvalue weighted by molar-refractivity contribution is 0.0809. The number of ether oxygens (including phenoxy) is 3. The van der Waals surface area contributed by atoms with E-state index >= 15 is 0 Å². The van der Waals surface area contributed by atoms with Crippen LogP contribution in [0.4, 0.5) is 0 Å². The van der Waals surface area contributed by atoms with Crippen LogP contribution in [0.25, 0.3) is 0 Å². The molecule has 0 spiro atoms. The van der Waals surface area contributed by atoms with Crippen LogP contribution in [0.2, 0.25) is 0 Å². The van der Waals surface area contributed by atoms with Gasteiger partial charge in [0.1, 0.15) is 5.44 Å². The van der Waals surface area contributed by atoms with Crippen LogP contribution >= 0.6 is 23.4 Å². The number of benzene rings is 1. The number of halogens is 1. The Labute approximate surface area is 103 Å². The molecule has 3 nitrogen and oxygen atoms in total. The van der Waals surface area contributed by atoms with Crippen molar-refractivity contribution in [1.82, 2.24) is 0 Å². The summed E-state index contributed by atoms with van der Waals surface area (Å²) in [5, 5.41) is 0. The van der Waals surface area contributed by atoms with Crippen molar-refractivity contribution < 1.29 is 14.2 Å². The fourth-order valence-electron chi connectivity index (χ4n) is 1.76. The van der Waals surface area contributed by atoms with Crippen molar-refractivity contribution in [1.29, 1.82) is 0 Å². The Morgan fingerprint density at radius 1 is 1.31 bits per heavy atom. The molecule has 1 aromatic rings. The predicted octanol–water partition coefficient (Wildman–Crippen LogP) is 2.78. The van der Waals surface area contributed by atoms with Crippen molar-refractivity contribution in [2.24, 2.45) is 0 Å². The van der Waals surface area contributed by atoms with Gasteiger partial charge in [-0.05, 0) is 17.7 Å². The van der Waals surface area contributed by atoms with E-state index in [1.807, 2.05) is 18.2 Å². The molecule has 5 heteroatoms. The topological polar surface area (TPSA) is 27.7 Å². The van der Waals surface area contributed by atoms with Gasteiger partial charge < -0.3 is 14.2 Å². The lowest BCUT2D eigenvalue weighted by Gasteiger charge is -2.11. The molecule has 0 unspecified atom stereocenters. The van der Waals surface area contributed by atoms with Gasteiger partial charge in [-0.15, -0.1) is 23.4 Å². The summed E-state index contributed by atoms with van der Waals surface area (Å²) in [5.74, 6) is 3.10. The minimum Gasteiger partial charge on any atom is -0.454 e. The van der Waals surface area contributed by atoms with E-state index in [-0.39, 0.29) is 11.5 Å². The molecule has 0 aliphatic carbocycles. The van der Waals surface area contributed by atoms with Crippen molar-refractivity contribution >= 4 is 23.4 Å². The zero-order valence-corrected chi connectivity index (χ0v) is 10.1. The number of hydrogen-bond donors (Lipinski definition) is 0. The number of rotatable bonds is 2. The molecule has 3 rings (SSSR count). The average molecular weight is 259 g/mol. The molecule has 0 amide bonds. The second-order valence-electron chi connectivity index (χ2n) is 3.69. The normalized spacial score (nSPS) is 27.3. The smallest absolute Gasteiger partial charge is 0.231 e. The minimum absolute atomic E-state index is 0.0678. The molecule has 2 aliphatic heterocycles. The van der Waals surface area contributed by atoms with E-state index in [2.05, 4.69) is 0 Å². The fraction of sp³-hybridized carbons (Fsp3) is 0.455. The summed E-state index contributed by atoms with van der Waals surface area (Å²) in [6.45, 7) is 0.307. The van der Waals surface area contributed by atoms with Gasteiger partial charge in [-0.3, -0.25) is 0 Å². The molecular weight excluding hydrogens is 248 g/mol. The Kier molecular flexibility index (Phi) is 2.88. The van der Waals surface area contributed by atoms with Gasteiger partial charge in [0.25, 0.3) is 0 Å². The van der Waals surface area contributed by atoms with E-state index in [0.717, 1.165) is 22.8 Å². The van der Waals surface area contributed by atoms with Gasteiger partial charge in [0.2, 0.25) is 6.79 Å². The molecule has 0 N–H and O–H groups in total. The highest BCUT2D eigenvalue weighted by Gasteiger charge is 2.27. The van der Waals surface area contributed by atoms with Crippen LogP contribution in [0.5, 0.6) is 11.5 Å². The van der Waals surface area contributed by atoms with E-state index in [9.17, 15) is 0 Å². The Balaban J connectivity index is 1.80. The first-order chi connectivity index (χ1) is 7.86. The zero-order valence-electron chi connectivity index (χ0n) is 8.52. The predicted molar refractivity (Wildman–Crippen MR) is 63.4 cm³/mol. The molecule has 0 bridgehead atoms. The van der Waals surface area contributed by atoms with Gasteiger partial charge in [-0.1, -0.05) is 6.07 Å². The number of alkyl halides is 1. The second kappa shape index (κ2) is 4.35. The fourth-order valence-corrected chi connectivity index (χ4v) is 3.24. The number of hydrogen-bond acceptors (Lipinski definition) is 4. The van der Waals surface area contributed by atoms with E-state index in [4.69, 9.17) is 25.8 Å². The Morgan fingerprint density at radius 3 is 3.00 bits per heavy atom. The average Bonchev–Trinajstić information content (AvgIpc) is 2.96. The van der Waals surface area contributed by atoms with E-state index in [1.54, 1.807) is 11.8 Å². The Hall–Kier alpha value is -0.580. The van der Waals surface area contributed by atoms with Gasteiger partial charge in [0.05, 0.1) is 6.10 Å². The van der Waals surface area contributed by atoms with Crippen LogP contribution in [0.15, 0.2) is 18.2 Å². The molecular formula is C11H11ClO3S. The third-order valence-corrected chi connectivity index (χ3v) is 4.18. The summed E-state index contributed by atoms with van der Waals surface area (Å²) in [7, 11) is 0. The summed E-state index contributed by atoms with van der Waals surface area (Å²) in [6.07, 6.45) is 0.155. The summed E-state index contributed by atoms with van der Waals surface area (Å²) in [5.41, 5.74) is 1.18. The van der Waals surface area contributed by atoms with Crippen molar-refractivity contribution in [3.63, 3.8) is 0 Å². The summed E-state index contributed by atoms with van der Waals surface area (Å²) in [4.78, 5) is 0. The van der Waals surface area contributed by atoms with Crippen LogP contribution in [-0.4, -0.2) is 24.5 Å². The first kappa shape index (κ1) is 10.6. The van der Waals surface area contributed by atoms with Crippen LogP contribution in [0.3, 0.4) is 0 Å². The van der Waals surface area contributed by atoms with Crippen molar-refractivity contribution in [2.45, 2.75) is 11.5 Å². The third-order valence-electron chi connectivity index (χ3n) is 2.59. The van der Waals surface area contributed by atoms with Crippen LogP contribution in [0.1, 0.15) is 11.0 Å². The summed E-state index contributed by atoms with van der Waals surface area (Å²) >= 11 is 7.54. The molecule has 16 heavy (non-hydrogen) atoms. The monoisotopic (exact) mass is 258 g/mol. The molecule has 2 aliphatic rings. The maximum absolute atomic E-state index is 5.79. The summed E-state index contributed by atoms with van der Waals surface area (Å²) < 4.78 is 16.4. The second-order valence-corrected chi connectivity index (χ2v) is 5.09. The largest absolute Gasteiger partial charge is 0.454 e. The van der Waals surface area contributed by atoms with Gasteiger partial charge in [0, 0.05) is 11.6 Å². The molecule has 0 aromatic heterocycles. The maximum atomic E-state index is 5.79. The van der Waals surface area contributed by atoms with E-state index < -0.39 is 0 Å². The molecule has 1 aromatic carbocycles. The number of thioether (sulfide) groups is 1. The Bertz CT molecular complexity index is 399. The molecule has 2 heterocycles. The molecule has 2 atom stereocenters. The van der Waals surface area contributed by atoms with Crippen molar-refractivity contribution in [3.05, 3.63) is 23.8 Å².